The highest BCUT2D eigenvalue weighted by Crippen LogP contribution is 2.26. The first kappa shape index (κ1) is 15.8. The molecule has 1 fully saturated rings. The van der Waals surface area contributed by atoms with E-state index in [2.05, 4.69) is 26.6 Å². The van der Waals surface area contributed by atoms with Gasteiger partial charge in [0.2, 0.25) is 0 Å². The summed E-state index contributed by atoms with van der Waals surface area (Å²) in [5.41, 5.74) is 1.78. The van der Waals surface area contributed by atoms with Gasteiger partial charge in [-0.15, -0.1) is 0 Å². The van der Waals surface area contributed by atoms with Crippen molar-refractivity contribution >= 4 is 33.6 Å². The van der Waals surface area contributed by atoms with Gasteiger partial charge in [-0.3, -0.25) is 4.79 Å². The maximum absolute atomic E-state index is 12.1. The SMILES string of the molecule is CCc1cc(Br)ccc1NC(=O)NC1CCCC1C(=O)O. The molecule has 0 bridgehead atoms. The lowest BCUT2D eigenvalue weighted by Gasteiger charge is -2.18. The van der Waals surface area contributed by atoms with Gasteiger partial charge < -0.3 is 15.7 Å². The number of urea groups is 1. The van der Waals surface area contributed by atoms with Crippen LogP contribution in [0.3, 0.4) is 0 Å². The first-order valence-electron chi connectivity index (χ1n) is 7.10. The van der Waals surface area contributed by atoms with E-state index in [0.29, 0.717) is 12.8 Å². The molecular formula is C15H19BrN2O3. The first-order chi connectivity index (χ1) is 10.0. The third-order valence-corrected chi connectivity index (χ3v) is 4.34. The second kappa shape index (κ2) is 6.93. The highest BCUT2D eigenvalue weighted by atomic mass is 79.9. The number of amides is 2. The molecule has 2 amide bonds. The number of carboxylic acid groups (broad SMARTS) is 1. The van der Waals surface area contributed by atoms with Gasteiger partial charge in [0.1, 0.15) is 0 Å². The van der Waals surface area contributed by atoms with E-state index in [0.717, 1.165) is 28.6 Å². The summed E-state index contributed by atoms with van der Waals surface area (Å²) >= 11 is 3.40. The summed E-state index contributed by atoms with van der Waals surface area (Å²) < 4.78 is 0.965. The van der Waals surface area contributed by atoms with E-state index in [1.165, 1.54) is 0 Å². The maximum Gasteiger partial charge on any atom is 0.319 e. The minimum Gasteiger partial charge on any atom is -0.481 e. The van der Waals surface area contributed by atoms with E-state index in [-0.39, 0.29) is 12.1 Å². The number of rotatable bonds is 4. The van der Waals surface area contributed by atoms with Gasteiger partial charge >= 0.3 is 12.0 Å². The molecule has 21 heavy (non-hydrogen) atoms. The van der Waals surface area contributed by atoms with Crippen molar-refractivity contribution in [1.29, 1.82) is 0 Å². The molecule has 3 N–H and O–H groups in total. The molecule has 2 unspecified atom stereocenters. The largest absolute Gasteiger partial charge is 0.481 e. The number of halogens is 1. The molecule has 0 spiro atoms. The monoisotopic (exact) mass is 354 g/mol. The van der Waals surface area contributed by atoms with Gasteiger partial charge in [-0.2, -0.15) is 0 Å². The molecule has 114 valence electrons. The summed E-state index contributed by atoms with van der Waals surface area (Å²) in [7, 11) is 0. The number of carboxylic acids is 1. The Morgan fingerprint density at radius 3 is 2.81 bits per heavy atom. The number of carbonyl (C=O) groups excluding carboxylic acids is 1. The van der Waals surface area contributed by atoms with Crippen molar-refractivity contribution in [2.24, 2.45) is 5.92 Å². The van der Waals surface area contributed by atoms with E-state index in [1.807, 2.05) is 25.1 Å². The normalized spacial score (nSPS) is 21.0. The Balaban J connectivity index is 2.00. The zero-order chi connectivity index (χ0) is 15.4. The van der Waals surface area contributed by atoms with Gasteiger partial charge in [-0.25, -0.2) is 4.79 Å². The summed E-state index contributed by atoms with van der Waals surface area (Å²) in [5.74, 6) is -1.32. The average molecular weight is 355 g/mol. The fourth-order valence-corrected chi connectivity index (χ4v) is 3.14. The topological polar surface area (TPSA) is 78.4 Å². The molecule has 0 aromatic heterocycles. The van der Waals surface area contributed by atoms with Crippen LogP contribution >= 0.6 is 15.9 Å². The van der Waals surface area contributed by atoms with Gasteiger partial charge in [-0.05, 0) is 43.0 Å². The second-order valence-electron chi connectivity index (χ2n) is 5.24. The lowest BCUT2D eigenvalue weighted by molar-refractivity contribution is -0.142. The number of benzene rings is 1. The van der Waals surface area contributed by atoms with Gasteiger partial charge in [0, 0.05) is 16.2 Å². The van der Waals surface area contributed by atoms with Crippen molar-refractivity contribution in [2.75, 3.05) is 5.32 Å². The van der Waals surface area contributed by atoms with Crippen LogP contribution in [0.5, 0.6) is 0 Å². The number of anilines is 1. The minimum atomic E-state index is -0.837. The number of aliphatic carboxylic acids is 1. The molecule has 5 nitrogen and oxygen atoms in total. The van der Waals surface area contributed by atoms with Crippen LogP contribution < -0.4 is 10.6 Å². The summed E-state index contributed by atoms with van der Waals surface area (Å²) in [6, 6.07) is 5.04. The fourth-order valence-electron chi connectivity index (χ4n) is 2.73. The van der Waals surface area contributed by atoms with Crippen LogP contribution in [-0.4, -0.2) is 23.1 Å². The highest BCUT2D eigenvalue weighted by Gasteiger charge is 2.33. The van der Waals surface area contributed by atoms with Gasteiger partial charge in [-0.1, -0.05) is 29.3 Å². The second-order valence-corrected chi connectivity index (χ2v) is 6.15. The molecule has 6 heteroatoms. The number of nitrogens with one attached hydrogen (secondary N) is 2. The lowest BCUT2D eigenvalue weighted by atomic mass is 10.0. The highest BCUT2D eigenvalue weighted by molar-refractivity contribution is 9.10. The van der Waals surface area contributed by atoms with Crippen molar-refractivity contribution < 1.29 is 14.7 Å². The fraction of sp³-hybridized carbons (Fsp3) is 0.467. The zero-order valence-electron chi connectivity index (χ0n) is 11.9. The number of hydrogen-bond acceptors (Lipinski definition) is 2. The Morgan fingerprint density at radius 1 is 1.38 bits per heavy atom. The quantitative estimate of drug-likeness (QED) is 0.775. The molecule has 0 heterocycles. The third-order valence-electron chi connectivity index (χ3n) is 3.85. The van der Waals surface area contributed by atoms with E-state index < -0.39 is 11.9 Å². The molecule has 2 atom stereocenters. The molecule has 0 radical (unpaired) electrons. The van der Waals surface area contributed by atoms with Crippen LogP contribution in [0.25, 0.3) is 0 Å². The van der Waals surface area contributed by atoms with Crippen molar-refractivity contribution in [3.8, 4) is 0 Å². The van der Waals surface area contributed by atoms with Gasteiger partial charge in [0.05, 0.1) is 5.92 Å². The number of aryl methyl sites for hydroxylation is 1. The number of hydrogen-bond donors (Lipinski definition) is 3. The van der Waals surface area contributed by atoms with Crippen LogP contribution in [0.2, 0.25) is 0 Å². The molecular weight excluding hydrogens is 336 g/mol. The minimum absolute atomic E-state index is 0.289. The Morgan fingerprint density at radius 2 is 2.14 bits per heavy atom. The molecule has 0 saturated heterocycles. The Labute approximate surface area is 132 Å². The van der Waals surface area contributed by atoms with Crippen LogP contribution in [0.4, 0.5) is 10.5 Å². The molecule has 1 aliphatic rings. The van der Waals surface area contributed by atoms with Crippen molar-refractivity contribution in [3.05, 3.63) is 28.2 Å². The standard InChI is InChI=1S/C15H19BrN2O3/c1-2-9-8-10(16)6-7-12(9)17-15(21)18-13-5-3-4-11(13)14(19)20/h6-8,11,13H,2-5H2,1H3,(H,19,20)(H2,17,18,21). The van der Waals surface area contributed by atoms with E-state index >= 15 is 0 Å². The summed E-state index contributed by atoms with van der Waals surface area (Å²) in [5, 5.41) is 14.7. The van der Waals surface area contributed by atoms with Crippen LogP contribution in [0, 0.1) is 5.92 Å². The predicted octanol–water partition coefficient (Wildman–Crippen LogP) is 3.39. The Hall–Kier alpha value is -1.56. The summed E-state index contributed by atoms with van der Waals surface area (Å²) in [4.78, 5) is 23.2. The molecule has 0 aliphatic heterocycles. The average Bonchev–Trinajstić information content (AvgIpc) is 2.89. The molecule has 1 aromatic rings. The summed E-state index contributed by atoms with van der Waals surface area (Å²) in [6.45, 7) is 2.02. The van der Waals surface area contributed by atoms with Crippen molar-refractivity contribution in [1.82, 2.24) is 5.32 Å². The summed E-state index contributed by atoms with van der Waals surface area (Å²) in [6.07, 6.45) is 2.97. The van der Waals surface area contributed by atoms with Gasteiger partial charge in [0.25, 0.3) is 0 Å². The van der Waals surface area contributed by atoms with Crippen LogP contribution in [0.1, 0.15) is 31.7 Å². The van der Waals surface area contributed by atoms with E-state index in [1.54, 1.807) is 0 Å². The smallest absolute Gasteiger partial charge is 0.319 e. The van der Waals surface area contributed by atoms with Gasteiger partial charge in [0.15, 0.2) is 0 Å². The first-order valence-corrected chi connectivity index (χ1v) is 7.89. The van der Waals surface area contributed by atoms with Crippen molar-refractivity contribution in [2.45, 2.75) is 38.6 Å². The zero-order valence-corrected chi connectivity index (χ0v) is 13.4. The third kappa shape index (κ3) is 3.97. The molecule has 2 rings (SSSR count). The number of carbonyl (C=O) groups is 2. The van der Waals surface area contributed by atoms with E-state index in [4.69, 9.17) is 5.11 Å². The lowest BCUT2D eigenvalue weighted by Crippen LogP contribution is -2.42. The van der Waals surface area contributed by atoms with Crippen LogP contribution in [0.15, 0.2) is 22.7 Å². The molecule has 1 aliphatic carbocycles. The Bertz CT molecular complexity index is 548. The van der Waals surface area contributed by atoms with Crippen LogP contribution in [-0.2, 0) is 11.2 Å². The maximum atomic E-state index is 12.1. The molecule has 1 aromatic carbocycles. The Kier molecular flexibility index (Phi) is 5.22. The predicted molar refractivity (Wildman–Crippen MR) is 84.4 cm³/mol. The molecule has 1 saturated carbocycles. The van der Waals surface area contributed by atoms with E-state index in [9.17, 15) is 9.59 Å². The van der Waals surface area contributed by atoms with Crippen molar-refractivity contribution in [3.63, 3.8) is 0 Å².